The van der Waals surface area contributed by atoms with Crippen LogP contribution in [-0.4, -0.2) is 71.5 Å². The SMILES string of the molecule is CCOC(=O)N1CCN(C(=O)c2cc(-c3cccs3)nn2-c2ccc(OC)cc2)CC1. The molecule has 1 aliphatic heterocycles. The Morgan fingerprint density at radius 1 is 1.06 bits per heavy atom. The van der Waals surface area contributed by atoms with Gasteiger partial charge in [-0.15, -0.1) is 11.3 Å². The van der Waals surface area contributed by atoms with E-state index in [1.165, 1.54) is 0 Å². The van der Waals surface area contributed by atoms with Crippen LogP contribution in [0, 0.1) is 0 Å². The Morgan fingerprint density at radius 2 is 1.77 bits per heavy atom. The van der Waals surface area contributed by atoms with Gasteiger partial charge < -0.3 is 19.3 Å². The third kappa shape index (κ3) is 4.41. The van der Waals surface area contributed by atoms with Crippen molar-refractivity contribution in [2.45, 2.75) is 6.92 Å². The van der Waals surface area contributed by atoms with E-state index in [9.17, 15) is 9.59 Å². The first-order valence-corrected chi connectivity index (χ1v) is 11.0. The van der Waals surface area contributed by atoms with Crippen LogP contribution in [0.25, 0.3) is 16.3 Å². The summed E-state index contributed by atoms with van der Waals surface area (Å²) in [6, 6.07) is 13.2. The Labute approximate surface area is 184 Å². The van der Waals surface area contributed by atoms with E-state index in [4.69, 9.17) is 14.6 Å². The molecule has 0 atom stereocenters. The highest BCUT2D eigenvalue weighted by Gasteiger charge is 2.28. The number of piperazine rings is 1. The molecule has 4 rings (SSSR count). The summed E-state index contributed by atoms with van der Waals surface area (Å²) in [4.78, 5) is 29.7. The molecule has 162 valence electrons. The molecule has 3 aromatic rings. The Balaban J connectivity index is 1.60. The first kappa shape index (κ1) is 20.9. The number of rotatable bonds is 5. The van der Waals surface area contributed by atoms with Gasteiger partial charge >= 0.3 is 6.09 Å². The van der Waals surface area contributed by atoms with Gasteiger partial charge in [-0.05, 0) is 48.7 Å². The summed E-state index contributed by atoms with van der Waals surface area (Å²) in [6.45, 7) is 3.89. The van der Waals surface area contributed by atoms with Gasteiger partial charge in [0.2, 0.25) is 0 Å². The zero-order chi connectivity index (χ0) is 21.8. The maximum absolute atomic E-state index is 13.4. The van der Waals surface area contributed by atoms with Crippen LogP contribution in [0.4, 0.5) is 4.79 Å². The summed E-state index contributed by atoms with van der Waals surface area (Å²) >= 11 is 1.58. The number of carbonyl (C=O) groups excluding carboxylic acids is 2. The van der Waals surface area contributed by atoms with Crippen molar-refractivity contribution in [1.82, 2.24) is 19.6 Å². The highest BCUT2D eigenvalue weighted by Crippen LogP contribution is 2.27. The fourth-order valence-electron chi connectivity index (χ4n) is 3.47. The standard InChI is InChI=1S/C22H24N4O4S/c1-3-30-22(28)25-12-10-24(11-13-25)21(27)19-15-18(20-5-4-14-31-20)23-26(19)16-6-8-17(29-2)9-7-16/h4-9,14-15H,3,10-13H2,1-2H3. The molecule has 9 heteroatoms. The van der Waals surface area contributed by atoms with E-state index >= 15 is 0 Å². The lowest BCUT2D eigenvalue weighted by atomic mass is 10.2. The molecule has 1 saturated heterocycles. The van der Waals surface area contributed by atoms with Gasteiger partial charge in [-0.1, -0.05) is 6.07 Å². The molecule has 1 aromatic carbocycles. The van der Waals surface area contributed by atoms with Crippen LogP contribution in [0.3, 0.4) is 0 Å². The number of carbonyl (C=O) groups is 2. The molecule has 0 radical (unpaired) electrons. The Morgan fingerprint density at radius 3 is 2.39 bits per heavy atom. The minimum absolute atomic E-state index is 0.116. The number of ether oxygens (including phenoxy) is 2. The second-order valence-electron chi connectivity index (χ2n) is 6.98. The molecular weight excluding hydrogens is 416 g/mol. The highest BCUT2D eigenvalue weighted by atomic mass is 32.1. The molecule has 1 fully saturated rings. The lowest BCUT2D eigenvalue weighted by Crippen LogP contribution is -2.51. The molecule has 0 saturated carbocycles. The van der Waals surface area contributed by atoms with Gasteiger partial charge in [-0.25, -0.2) is 9.48 Å². The topological polar surface area (TPSA) is 76.9 Å². The normalized spacial score (nSPS) is 13.9. The quantitative estimate of drug-likeness (QED) is 0.607. The van der Waals surface area contributed by atoms with Crippen molar-refractivity contribution in [2.75, 3.05) is 39.9 Å². The highest BCUT2D eigenvalue weighted by molar-refractivity contribution is 7.13. The average molecular weight is 441 g/mol. The smallest absolute Gasteiger partial charge is 0.409 e. The van der Waals surface area contributed by atoms with Crippen LogP contribution in [-0.2, 0) is 4.74 Å². The Bertz CT molecular complexity index is 1040. The molecule has 0 bridgehead atoms. The summed E-state index contributed by atoms with van der Waals surface area (Å²) in [7, 11) is 1.61. The number of hydrogen-bond donors (Lipinski definition) is 0. The van der Waals surface area contributed by atoms with Crippen LogP contribution < -0.4 is 4.74 Å². The molecule has 0 unspecified atom stereocenters. The maximum atomic E-state index is 13.4. The molecule has 0 spiro atoms. The van der Waals surface area contributed by atoms with Gasteiger partial charge in [0.25, 0.3) is 5.91 Å². The fourth-order valence-corrected chi connectivity index (χ4v) is 4.15. The third-order valence-corrected chi connectivity index (χ3v) is 6.00. The van der Waals surface area contributed by atoms with Gasteiger partial charge in [0.1, 0.15) is 17.1 Å². The van der Waals surface area contributed by atoms with Crippen LogP contribution in [0.15, 0.2) is 47.8 Å². The van der Waals surface area contributed by atoms with E-state index in [0.717, 1.165) is 22.0 Å². The second-order valence-corrected chi connectivity index (χ2v) is 7.93. The zero-order valence-electron chi connectivity index (χ0n) is 17.5. The lowest BCUT2D eigenvalue weighted by molar-refractivity contribution is 0.0563. The van der Waals surface area contributed by atoms with E-state index in [1.807, 2.05) is 47.8 Å². The Hall–Kier alpha value is -3.33. The summed E-state index contributed by atoms with van der Waals surface area (Å²) in [5.74, 6) is 0.618. The van der Waals surface area contributed by atoms with Crippen LogP contribution in [0.1, 0.15) is 17.4 Å². The second kappa shape index (κ2) is 9.22. The average Bonchev–Trinajstić information content (AvgIpc) is 3.49. The van der Waals surface area contributed by atoms with Gasteiger partial charge in [-0.2, -0.15) is 5.10 Å². The summed E-state index contributed by atoms with van der Waals surface area (Å²) < 4.78 is 12.0. The zero-order valence-corrected chi connectivity index (χ0v) is 18.3. The first-order chi connectivity index (χ1) is 15.1. The van der Waals surface area contributed by atoms with Gasteiger partial charge in [0.05, 0.1) is 24.3 Å². The first-order valence-electron chi connectivity index (χ1n) is 10.1. The van der Waals surface area contributed by atoms with Crippen molar-refractivity contribution in [3.8, 4) is 22.0 Å². The van der Waals surface area contributed by atoms with Crippen molar-refractivity contribution < 1.29 is 19.1 Å². The Kier molecular flexibility index (Phi) is 6.22. The third-order valence-electron chi connectivity index (χ3n) is 5.11. The monoisotopic (exact) mass is 440 g/mol. The van der Waals surface area contributed by atoms with E-state index in [-0.39, 0.29) is 12.0 Å². The molecule has 31 heavy (non-hydrogen) atoms. The molecule has 2 aromatic heterocycles. The predicted octanol–water partition coefficient (Wildman–Crippen LogP) is 3.52. The van der Waals surface area contributed by atoms with Crippen molar-refractivity contribution in [2.24, 2.45) is 0 Å². The van der Waals surface area contributed by atoms with Crippen molar-refractivity contribution >= 4 is 23.3 Å². The number of nitrogens with zero attached hydrogens (tertiary/aromatic N) is 4. The van der Waals surface area contributed by atoms with Crippen LogP contribution >= 0.6 is 11.3 Å². The van der Waals surface area contributed by atoms with Crippen molar-refractivity contribution in [1.29, 1.82) is 0 Å². The summed E-state index contributed by atoms with van der Waals surface area (Å²) in [6.07, 6.45) is -0.335. The van der Waals surface area contributed by atoms with E-state index in [0.29, 0.717) is 38.5 Å². The molecular formula is C22H24N4O4S. The van der Waals surface area contributed by atoms with Crippen LogP contribution in [0.2, 0.25) is 0 Å². The molecule has 3 heterocycles. The molecule has 8 nitrogen and oxygen atoms in total. The molecule has 0 aliphatic carbocycles. The number of amides is 2. The summed E-state index contributed by atoms with van der Waals surface area (Å²) in [5.41, 5.74) is 2.01. The molecule has 2 amide bonds. The number of methoxy groups -OCH3 is 1. The predicted molar refractivity (Wildman–Crippen MR) is 118 cm³/mol. The minimum Gasteiger partial charge on any atom is -0.497 e. The van der Waals surface area contributed by atoms with Crippen molar-refractivity contribution in [3.63, 3.8) is 0 Å². The van der Waals surface area contributed by atoms with Gasteiger partial charge in [0, 0.05) is 26.2 Å². The molecule has 0 N–H and O–H groups in total. The minimum atomic E-state index is -0.335. The lowest BCUT2D eigenvalue weighted by Gasteiger charge is -2.34. The largest absolute Gasteiger partial charge is 0.497 e. The molecule has 1 aliphatic rings. The summed E-state index contributed by atoms with van der Waals surface area (Å²) in [5, 5.41) is 6.70. The number of thiophene rings is 1. The number of aromatic nitrogens is 2. The van der Waals surface area contributed by atoms with E-state index in [2.05, 4.69) is 0 Å². The van der Waals surface area contributed by atoms with E-state index < -0.39 is 0 Å². The van der Waals surface area contributed by atoms with Gasteiger partial charge in [-0.3, -0.25) is 4.79 Å². The van der Waals surface area contributed by atoms with Crippen molar-refractivity contribution in [3.05, 3.63) is 53.5 Å². The fraction of sp³-hybridized carbons (Fsp3) is 0.318. The van der Waals surface area contributed by atoms with Gasteiger partial charge in [0.15, 0.2) is 0 Å². The number of hydrogen-bond acceptors (Lipinski definition) is 6. The number of benzene rings is 1. The van der Waals surface area contributed by atoms with Crippen LogP contribution in [0.5, 0.6) is 5.75 Å². The maximum Gasteiger partial charge on any atom is 0.409 e. The van der Waals surface area contributed by atoms with E-state index in [1.54, 1.807) is 39.9 Å².